The summed E-state index contributed by atoms with van der Waals surface area (Å²) >= 11 is 0. The minimum Gasteiger partial charge on any atom is -0.467 e. The van der Waals surface area contributed by atoms with Gasteiger partial charge < -0.3 is 14.6 Å². The van der Waals surface area contributed by atoms with E-state index in [1.165, 1.54) is 0 Å². The van der Waals surface area contributed by atoms with Gasteiger partial charge in [-0.2, -0.15) is 0 Å². The Morgan fingerprint density at radius 1 is 1.25 bits per heavy atom. The highest BCUT2D eigenvalue weighted by atomic mass is 16.3. The first-order valence-corrected chi connectivity index (χ1v) is 8.24. The van der Waals surface area contributed by atoms with E-state index in [0.29, 0.717) is 30.8 Å². The van der Waals surface area contributed by atoms with Crippen molar-refractivity contribution in [2.75, 3.05) is 6.54 Å². The zero-order chi connectivity index (χ0) is 17.1. The third-order valence-electron chi connectivity index (χ3n) is 4.59. The zero-order valence-corrected chi connectivity index (χ0v) is 14.0. The molecular weight excluding hydrogens is 304 g/mol. The molecule has 2 aromatic rings. The SMILES string of the molecule is Cc1ccc(C(=O)N2CCCC2C(=O)NCc2ccco2)cc1C. The van der Waals surface area contributed by atoms with Crippen LogP contribution in [0.4, 0.5) is 0 Å². The molecule has 1 atom stereocenters. The number of hydrogen-bond donors (Lipinski definition) is 1. The van der Waals surface area contributed by atoms with E-state index in [4.69, 9.17) is 4.42 Å². The van der Waals surface area contributed by atoms with Crippen LogP contribution in [0.2, 0.25) is 0 Å². The van der Waals surface area contributed by atoms with Crippen molar-refractivity contribution in [3.8, 4) is 0 Å². The zero-order valence-electron chi connectivity index (χ0n) is 14.0. The maximum absolute atomic E-state index is 12.8. The maximum Gasteiger partial charge on any atom is 0.254 e. The van der Waals surface area contributed by atoms with Crippen LogP contribution in [0.3, 0.4) is 0 Å². The van der Waals surface area contributed by atoms with Gasteiger partial charge in [0.1, 0.15) is 11.8 Å². The molecule has 24 heavy (non-hydrogen) atoms. The fourth-order valence-electron chi connectivity index (χ4n) is 3.03. The molecule has 1 aromatic heterocycles. The fraction of sp³-hybridized carbons (Fsp3) is 0.368. The van der Waals surface area contributed by atoms with E-state index in [0.717, 1.165) is 17.5 Å². The minimum absolute atomic E-state index is 0.0752. The van der Waals surface area contributed by atoms with Crippen molar-refractivity contribution in [1.82, 2.24) is 10.2 Å². The second-order valence-electron chi connectivity index (χ2n) is 6.25. The summed E-state index contributed by atoms with van der Waals surface area (Å²) in [4.78, 5) is 26.9. The lowest BCUT2D eigenvalue weighted by atomic mass is 10.1. The summed E-state index contributed by atoms with van der Waals surface area (Å²) in [5.41, 5.74) is 2.88. The van der Waals surface area contributed by atoms with E-state index in [1.54, 1.807) is 17.2 Å². The Kier molecular flexibility index (Phi) is 4.69. The second-order valence-corrected chi connectivity index (χ2v) is 6.25. The van der Waals surface area contributed by atoms with Crippen molar-refractivity contribution in [1.29, 1.82) is 0 Å². The Bertz CT molecular complexity index is 737. The third-order valence-corrected chi connectivity index (χ3v) is 4.59. The van der Waals surface area contributed by atoms with Crippen molar-refractivity contribution in [2.24, 2.45) is 0 Å². The second kappa shape index (κ2) is 6.91. The van der Waals surface area contributed by atoms with Crippen LogP contribution in [0.25, 0.3) is 0 Å². The van der Waals surface area contributed by atoms with E-state index in [1.807, 2.05) is 38.1 Å². The smallest absolute Gasteiger partial charge is 0.254 e. The Hall–Kier alpha value is -2.56. The van der Waals surface area contributed by atoms with Crippen LogP contribution in [0, 0.1) is 13.8 Å². The summed E-state index contributed by atoms with van der Waals surface area (Å²) in [7, 11) is 0. The van der Waals surface area contributed by atoms with Crippen LogP contribution < -0.4 is 5.32 Å². The number of nitrogens with zero attached hydrogens (tertiary/aromatic N) is 1. The number of carbonyl (C=O) groups is 2. The van der Waals surface area contributed by atoms with Gasteiger partial charge in [-0.25, -0.2) is 0 Å². The minimum atomic E-state index is -0.408. The fourth-order valence-corrected chi connectivity index (χ4v) is 3.03. The molecular formula is C19H22N2O3. The summed E-state index contributed by atoms with van der Waals surface area (Å²) in [6.07, 6.45) is 3.11. The molecule has 126 valence electrons. The van der Waals surface area contributed by atoms with E-state index in [9.17, 15) is 9.59 Å². The number of benzene rings is 1. The molecule has 1 saturated heterocycles. The predicted molar refractivity (Wildman–Crippen MR) is 90.5 cm³/mol. The number of hydrogen-bond acceptors (Lipinski definition) is 3. The molecule has 2 heterocycles. The highest BCUT2D eigenvalue weighted by molar-refractivity contribution is 5.98. The van der Waals surface area contributed by atoms with Gasteiger partial charge in [-0.3, -0.25) is 9.59 Å². The molecule has 3 rings (SSSR count). The summed E-state index contributed by atoms with van der Waals surface area (Å²) in [5.74, 6) is 0.503. The largest absolute Gasteiger partial charge is 0.467 e. The quantitative estimate of drug-likeness (QED) is 0.940. The van der Waals surface area contributed by atoms with Gasteiger partial charge in [-0.15, -0.1) is 0 Å². The Morgan fingerprint density at radius 3 is 2.79 bits per heavy atom. The maximum atomic E-state index is 12.8. The Labute approximate surface area is 141 Å². The summed E-state index contributed by atoms with van der Waals surface area (Å²) in [5, 5.41) is 2.86. The monoisotopic (exact) mass is 326 g/mol. The van der Waals surface area contributed by atoms with E-state index < -0.39 is 6.04 Å². The standard InChI is InChI=1S/C19H22N2O3/c1-13-7-8-15(11-14(13)2)19(23)21-9-3-6-17(21)18(22)20-12-16-5-4-10-24-16/h4-5,7-8,10-11,17H,3,6,9,12H2,1-2H3,(H,20,22). The van der Waals surface area contributed by atoms with Crippen molar-refractivity contribution >= 4 is 11.8 Å². The van der Waals surface area contributed by atoms with Gasteiger partial charge in [-0.1, -0.05) is 6.07 Å². The molecule has 1 N–H and O–H groups in total. The molecule has 2 amide bonds. The van der Waals surface area contributed by atoms with Crippen molar-refractivity contribution in [2.45, 2.75) is 39.3 Å². The van der Waals surface area contributed by atoms with Gasteiger partial charge in [-0.05, 0) is 62.1 Å². The number of rotatable bonds is 4. The summed E-state index contributed by atoms with van der Waals surface area (Å²) < 4.78 is 5.22. The molecule has 1 unspecified atom stereocenters. The topological polar surface area (TPSA) is 62.6 Å². The molecule has 0 spiro atoms. The number of likely N-dealkylation sites (tertiary alicyclic amines) is 1. The molecule has 0 aliphatic carbocycles. The molecule has 0 bridgehead atoms. The van der Waals surface area contributed by atoms with E-state index >= 15 is 0 Å². The van der Waals surface area contributed by atoms with Crippen LogP contribution in [-0.4, -0.2) is 29.3 Å². The number of nitrogens with one attached hydrogen (secondary N) is 1. The van der Waals surface area contributed by atoms with Gasteiger partial charge in [0.2, 0.25) is 5.91 Å². The molecule has 0 saturated carbocycles. The number of carbonyl (C=O) groups excluding carboxylic acids is 2. The lowest BCUT2D eigenvalue weighted by Gasteiger charge is -2.24. The summed E-state index contributed by atoms with van der Waals surface area (Å²) in [6, 6.07) is 8.87. The first-order chi connectivity index (χ1) is 11.6. The van der Waals surface area contributed by atoms with Crippen LogP contribution in [0.5, 0.6) is 0 Å². The molecule has 1 aliphatic rings. The Balaban J connectivity index is 1.68. The average molecular weight is 326 g/mol. The van der Waals surface area contributed by atoms with Gasteiger partial charge in [0, 0.05) is 12.1 Å². The molecule has 5 nitrogen and oxygen atoms in total. The number of aryl methyl sites for hydroxylation is 2. The van der Waals surface area contributed by atoms with Gasteiger partial charge in [0.25, 0.3) is 5.91 Å². The van der Waals surface area contributed by atoms with Gasteiger partial charge in [0.15, 0.2) is 0 Å². The molecule has 1 aromatic carbocycles. The molecule has 1 aliphatic heterocycles. The lowest BCUT2D eigenvalue weighted by Crippen LogP contribution is -2.45. The highest BCUT2D eigenvalue weighted by Crippen LogP contribution is 2.21. The van der Waals surface area contributed by atoms with Gasteiger partial charge >= 0.3 is 0 Å². The third kappa shape index (κ3) is 3.35. The first kappa shape index (κ1) is 16.3. The average Bonchev–Trinajstić information content (AvgIpc) is 3.26. The van der Waals surface area contributed by atoms with Crippen LogP contribution in [-0.2, 0) is 11.3 Å². The van der Waals surface area contributed by atoms with E-state index in [2.05, 4.69) is 5.32 Å². The molecule has 0 radical (unpaired) electrons. The Morgan fingerprint density at radius 2 is 2.08 bits per heavy atom. The van der Waals surface area contributed by atoms with Crippen molar-refractivity contribution in [3.63, 3.8) is 0 Å². The number of furan rings is 1. The van der Waals surface area contributed by atoms with Crippen LogP contribution >= 0.6 is 0 Å². The van der Waals surface area contributed by atoms with Gasteiger partial charge in [0.05, 0.1) is 12.8 Å². The van der Waals surface area contributed by atoms with Crippen LogP contribution in [0.1, 0.15) is 40.1 Å². The summed E-state index contributed by atoms with van der Waals surface area (Å²) in [6.45, 7) is 4.96. The first-order valence-electron chi connectivity index (χ1n) is 8.24. The number of amides is 2. The molecule has 5 heteroatoms. The van der Waals surface area contributed by atoms with E-state index in [-0.39, 0.29) is 11.8 Å². The molecule has 1 fully saturated rings. The normalized spacial score (nSPS) is 17.1. The predicted octanol–water partition coefficient (Wildman–Crippen LogP) is 2.82. The lowest BCUT2D eigenvalue weighted by molar-refractivity contribution is -0.125. The highest BCUT2D eigenvalue weighted by Gasteiger charge is 2.34. The van der Waals surface area contributed by atoms with Crippen molar-refractivity contribution in [3.05, 3.63) is 59.0 Å². The van der Waals surface area contributed by atoms with Crippen molar-refractivity contribution < 1.29 is 14.0 Å². The van der Waals surface area contributed by atoms with Crippen LogP contribution in [0.15, 0.2) is 41.0 Å².